The summed E-state index contributed by atoms with van der Waals surface area (Å²) in [6.07, 6.45) is 0. The third-order valence-corrected chi connectivity index (χ3v) is 2.85. The predicted molar refractivity (Wildman–Crippen MR) is 73.8 cm³/mol. The number of methoxy groups -OCH3 is 1. The molecule has 1 aromatic carbocycles. The van der Waals surface area contributed by atoms with Crippen LogP contribution in [0.25, 0.3) is 0 Å². The summed E-state index contributed by atoms with van der Waals surface area (Å²) in [4.78, 5) is 11.3. The lowest BCUT2D eigenvalue weighted by molar-refractivity contribution is -0.125. The standard InChI is InChI=1S/C13H15BrN2O3/c1-9(16-13(17)8-18-2)7-19-12-4-3-10(6-15)5-11(12)14/h3-5,9H,7-8H2,1-2H3,(H,16,17). The van der Waals surface area contributed by atoms with Crippen molar-refractivity contribution < 1.29 is 14.3 Å². The van der Waals surface area contributed by atoms with Gasteiger partial charge in [0.2, 0.25) is 5.91 Å². The molecule has 0 fully saturated rings. The zero-order chi connectivity index (χ0) is 14.3. The lowest BCUT2D eigenvalue weighted by Gasteiger charge is -2.15. The number of rotatable bonds is 6. The van der Waals surface area contributed by atoms with Crippen molar-refractivity contribution in [2.75, 3.05) is 20.3 Å². The van der Waals surface area contributed by atoms with E-state index in [0.717, 1.165) is 0 Å². The van der Waals surface area contributed by atoms with Crippen molar-refractivity contribution in [2.24, 2.45) is 0 Å². The molecule has 0 saturated carbocycles. The zero-order valence-corrected chi connectivity index (χ0v) is 12.4. The van der Waals surface area contributed by atoms with Gasteiger partial charge in [-0.15, -0.1) is 0 Å². The first-order chi connectivity index (χ1) is 9.06. The molecule has 1 atom stereocenters. The van der Waals surface area contributed by atoms with E-state index in [1.807, 2.05) is 13.0 Å². The first-order valence-electron chi connectivity index (χ1n) is 5.67. The Morgan fingerprint density at radius 1 is 1.58 bits per heavy atom. The Morgan fingerprint density at radius 3 is 2.89 bits per heavy atom. The summed E-state index contributed by atoms with van der Waals surface area (Å²) in [5, 5.41) is 11.5. The number of carbonyl (C=O) groups is 1. The second-order valence-corrected chi connectivity index (χ2v) is 4.82. The van der Waals surface area contributed by atoms with Crippen LogP contribution in [0, 0.1) is 11.3 Å². The van der Waals surface area contributed by atoms with Gasteiger partial charge in [-0.1, -0.05) is 0 Å². The number of hydrogen-bond donors (Lipinski definition) is 1. The topological polar surface area (TPSA) is 71.3 Å². The van der Waals surface area contributed by atoms with Crippen LogP contribution in [0.4, 0.5) is 0 Å². The molecule has 1 amide bonds. The summed E-state index contributed by atoms with van der Waals surface area (Å²) < 4.78 is 11.0. The van der Waals surface area contributed by atoms with E-state index in [-0.39, 0.29) is 18.6 Å². The number of nitriles is 1. The zero-order valence-electron chi connectivity index (χ0n) is 10.8. The van der Waals surface area contributed by atoms with Crippen LogP contribution in [0.2, 0.25) is 0 Å². The molecule has 1 N–H and O–H groups in total. The Balaban J connectivity index is 2.48. The van der Waals surface area contributed by atoms with Crippen LogP contribution in [0.15, 0.2) is 22.7 Å². The third-order valence-electron chi connectivity index (χ3n) is 2.23. The molecular weight excluding hydrogens is 312 g/mol. The summed E-state index contributed by atoms with van der Waals surface area (Å²) in [5.74, 6) is 0.448. The fourth-order valence-electron chi connectivity index (χ4n) is 1.39. The van der Waals surface area contributed by atoms with Crippen LogP contribution >= 0.6 is 15.9 Å². The van der Waals surface area contributed by atoms with Gasteiger partial charge < -0.3 is 14.8 Å². The summed E-state index contributed by atoms with van der Waals surface area (Å²) in [5.41, 5.74) is 0.556. The van der Waals surface area contributed by atoms with Gasteiger partial charge in [-0.25, -0.2) is 0 Å². The molecule has 0 aliphatic carbocycles. The Kier molecular flexibility index (Phi) is 6.33. The van der Waals surface area contributed by atoms with Gasteiger partial charge in [0.1, 0.15) is 19.0 Å². The fourth-order valence-corrected chi connectivity index (χ4v) is 1.88. The van der Waals surface area contributed by atoms with Crippen LogP contribution in [0.3, 0.4) is 0 Å². The predicted octanol–water partition coefficient (Wildman–Crippen LogP) is 1.85. The molecule has 5 nitrogen and oxygen atoms in total. The van der Waals surface area contributed by atoms with Gasteiger partial charge in [0.05, 0.1) is 22.1 Å². The molecule has 0 radical (unpaired) electrons. The van der Waals surface area contributed by atoms with Gasteiger partial charge in [0.25, 0.3) is 0 Å². The van der Waals surface area contributed by atoms with Crippen molar-refractivity contribution in [3.05, 3.63) is 28.2 Å². The molecule has 1 unspecified atom stereocenters. The summed E-state index contributed by atoms with van der Waals surface area (Å²) >= 11 is 3.33. The number of nitrogens with one attached hydrogen (secondary N) is 1. The Morgan fingerprint density at radius 2 is 2.32 bits per heavy atom. The van der Waals surface area contributed by atoms with Gasteiger partial charge in [0, 0.05) is 7.11 Å². The highest BCUT2D eigenvalue weighted by molar-refractivity contribution is 9.10. The van der Waals surface area contributed by atoms with E-state index in [1.54, 1.807) is 18.2 Å². The SMILES string of the molecule is COCC(=O)NC(C)COc1ccc(C#N)cc1Br. The molecular formula is C13H15BrN2O3. The minimum absolute atomic E-state index is 0.0326. The molecule has 0 aromatic heterocycles. The van der Waals surface area contributed by atoms with Gasteiger partial charge in [-0.2, -0.15) is 5.26 Å². The normalized spacial score (nSPS) is 11.5. The van der Waals surface area contributed by atoms with Crippen molar-refractivity contribution in [1.29, 1.82) is 5.26 Å². The molecule has 1 rings (SSSR count). The van der Waals surface area contributed by atoms with Crippen molar-refractivity contribution in [3.63, 3.8) is 0 Å². The maximum atomic E-state index is 11.3. The molecule has 0 bridgehead atoms. The Labute approximate surface area is 120 Å². The fraction of sp³-hybridized carbons (Fsp3) is 0.385. The maximum Gasteiger partial charge on any atom is 0.246 e. The number of carbonyl (C=O) groups excluding carboxylic acids is 1. The Bertz CT molecular complexity index is 485. The average molecular weight is 327 g/mol. The minimum atomic E-state index is -0.183. The third kappa shape index (κ3) is 5.28. The van der Waals surface area contributed by atoms with E-state index in [2.05, 4.69) is 21.2 Å². The van der Waals surface area contributed by atoms with Crippen molar-refractivity contribution >= 4 is 21.8 Å². The molecule has 6 heteroatoms. The largest absolute Gasteiger partial charge is 0.490 e. The molecule has 0 spiro atoms. The highest BCUT2D eigenvalue weighted by Crippen LogP contribution is 2.25. The number of nitrogens with zero attached hydrogens (tertiary/aromatic N) is 1. The van der Waals surface area contributed by atoms with Crippen molar-refractivity contribution in [3.8, 4) is 11.8 Å². The van der Waals surface area contributed by atoms with E-state index in [1.165, 1.54) is 7.11 Å². The lowest BCUT2D eigenvalue weighted by Crippen LogP contribution is -2.38. The van der Waals surface area contributed by atoms with Crippen LogP contribution in [-0.4, -0.2) is 32.3 Å². The van der Waals surface area contributed by atoms with Crippen LogP contribution < -0.4 is 10.1 Å². The van der Waals surface area contributed by atoms with E-state index < -0.39 is 0 Å². The number of amides is 1. The first-order valence-corrected chi connectivity index (χ1v) is 6.47. The molecule has 1 aromatic rings. The van der Waals surface area contributed by atoms with Gasteiger partial charge >= 0.3 is 0 Å². The van der Waals surface area contributed by atoms with Crippen molar-refractivity contribution in [2.45, 2.75) is 13.0 Å². The highest BCUT2D eigenvalue weighted by Gasteiger charge is 2.09. The summed E-state index contributed by atoms with van der Waals surface area (Å²) in [6.45, 7) is 2.20. The van der Waals surface area contributed by atoms with Crippen LogP contribution in [0.1, 0.15) is 12.5 Å². The molecule has 0 heterocycles. The summed E-state index contributed by atoms with van der Waals surface area (Å²) in [6, 6.07) is 6.98. The number of halogens is 1. The first kappa shape index (κ1) is 15.5. The monoisotopic (exact) mass is 326 g/mol. The van der Waals surface area contributed by atoms with Gasteiger partial charge in [-0.3, -0.25) is 4.79 Å². The number of ether oxygens (including phenoxy) is 2. The van der Waals surface area contributed by atoms with E-state index in [0.29, 0.717) is 22.4 Å². The van der Waals surface area contributed by atoms with Gasteiger partial charge in [-0.05, 0) is 41.1 Å². The molecule has 102 valence electrons. The van der Waals surface area contributed by atoms with E-state index >= 15 is 0 Å². The molecule has 0 aliphatic heterocycles. The lowest BCUT2D eigenvalue weighted by atomic mass is 10.2. The van der Waals surface area contributed by atoms with Crippen molar-refractivity contribution in [1.82, 2.24) is 5.32 Å². The second kappa shape index (κ2) is 7.77. The Hall–Kier alpha value is -1.58. The van der Waals surface area contributed by atoms with Crippen LogP contribution in [-0.2, 0) is 9.53 Å². The molecule has 0 saturated heterocycles. The summed E-state index contributed by atoms with van der Waals surface area (Å²) in [7, 11) is 1.47. The van der Waals surface area contributed by atoms with E-state index in [4.69, 9.17) is 14.7 Å². The van der Waals surface area contributed by atoms with Gasteiger partial charge in [0.15, 0.2) is 0 Å². The quantitative estimate of drug-likeness (QED) is 0.866. The molecule has 0 aliphatic rings. The molecule has 19 heavy (non-hydrogen) atoms. The maximum absolute atomic E-state index is 11.3. The minimum Gasteiger partial charge on any atom is -0.490 e. The highest BCUT2D eigenvalue weighted by atomic mass is 79.9. The smallest absolute Gasteiger partial charge is 0.246 e. The van der Waals surface area contributed by atoms with Crippen LogP contribution in [0.5, 0.6) is 5.75 Å². The number of hydrogen-bond acceptors (Lipinski definition) is 4. The number of benzene rings is 1. The second-order valence-electron chi connectivity index (χ2n) is 3.97. The average Bonchev–Trinajstić information content (AvgIpc) is 2.37. The van der Waals surface area contributed by atoms with E-state index in [9.17, 15) is 4.79 Å².